The van der Waals surface area contributed by atoms with Crippen LogP contribution in [0.4, 0.5) is 0 Å². The van der Waals surface area contributed by atoms with Gasteiger partial charge in [-0.15, -0.1) is 23.2 Å². The number of halogens is 2. The SMILES string of the molecule is CC(Cl)c1[c]ccc(C(C)Cl)c1. The van der Waals surface area contributed by atoms with Crippen LogP contribution in [0.25, 0.3) is 0 Å². The fourth-order valence-electron chi connectivity index (χ4n) is 0.981. The molecule has 0 saturated carbocycles. The first-order valence-corrected chi connectivity index (χ1v) is 4.78. The molecule has 0 amide bonds. The van der Waals surface area contributed by atoms with E-state index in [-0.39, 0.29) is 10.8 Å². The summed E-state index contributed by atoms with van der Waals surface area (Å²) < 4.78 is 0. The Morgan fingerprint density at radius 3 is 2.42 bits per heavy atom. The van der Waals surface area contributed by atoms with Crippen LogP contribution in [0.15, 0.2) is 18.2 Å². The van der Waals surface area contributed by atoms with Gasteiger partial charge >= 0.3 is 0 Å². The van der Waals surface area contributed by atoms with Crippen LogP contribution in [0.5, 0.6) is 0 Å². The van der Waals surface area contributed by atoms with Crippen molar-refractivity contribution in [2.75, 3.05) is 0 Å². The van der Waals surface area contributed by atoms with Crippen LogP contribution >= 0.6 is 23.2 Å². The molecule has 0 aliphatic carbocycles. The Kier molecular flexibility index (Phi) is 3.42. The lowest BCUT2D eigenvalue weighted by Gasteiger charge is -2.07. The lowest BCUT2D eigenvalue weighted by Crippen LogP contribution is -1.89. The predicted octanol–water partition coefficient (Wildman–Crippen LogP) is 4.09. The molecule has 65 valence electrons. The van der Waals surface area contributed by atoms with Gasteiger partial charge in [-0.3, -0.25) is 0 Å². The average molecular weight is 202 g/mol. The molecule has 0 saturated heterocycles. The van der Waals surface area contributed by atoms with E-state index in [0.717, 1.165) is 11.1 Å². The summed E-state index contributed by atoms with van der Waals surface area (Å²) in [4.78, 5) is 0. The molecule has 0 fully saturated rings. The summed E-state index contributed by atoms with van der Waals surface area (Å²) in [6.07, 6.45) is 0. The first-order chi connectivity index (χ1) is 5.61. The van der Waals surface area contributed by atoms with Crippen molar-refractivity contribution in [3.8, 4) is 0 Å². The van der Waals surface area contributed by atoms with Crippen molar-refractivity contribution in [3.05, 3.63) is 35.4 Å². The molecule has 1 aromatic rings. The zero-order chi connectivity index (χ0) is 9.14. The van der Waals surface area contributed by atoms with Crippen molar-refractivity contribution in [2.24, 2.45) is 0 Å². The van der Waals surface area contributed by atoms with Crippen LogP contribution in [0, 0.1) is 6.07 Å². The van der Waals surface area contributed by atoms with Crippen LogP contribution in [0.2, 0.25) is 0 Å². The Labute approximate surface area is 83.5 Å². The van der Waals surface area contributed by atoms with Gasteiger partial charge in [-0.1, -0.05) is 18.2 Å². The standard InChI is InChI=1S/C10H11Cl2/c1-7(11)9-4-3-5-10(6-9)8(2)12/h3-4,6-8H,1-2H3. The highest BCUT2D eigenvalue weighted by molar-refractivity contribution is 6.21. The molecule has 1 rings (SSSR count). The summed E-state index contributed by atoms with van der Waals surface area (Å²) in [5, 5.41) is 0.0362. The van der Waals surface area contributed by atoms with E-state index in [2.05, 4.69) is 6.07 Å². The van der Waals surface area contributed by atoms with Gasteiger partial charge in [-0.25, -0.2) is 0 Å². The molecule has 2 unspecified atom stereocenters. The highest BCUT2D eigenvalue weighted by Crippen LogP contribution is 2.24. The third kappa shape index (κ3) is 2.40. The molecule has 0 aliphatic heterocycles. The maximum atomic E-state index is 5.92. The lowest BCUT2D eigenvalue weighted by atomic mass is 10.1. The minimum atomic E-state index is 0.000340. The Bertz CT molecular complexity index is 231. The molecular formula is C10H11Cl2. The second kappa shape index (κ2) is 4.15. The van der Waals surface area contributed by atoms with Gasteiger partial charge in [0, 0.05) is 0 Å². The van der Waals surface area contributed by atoms with E-state index in [1.807, 2.05) is 32.0 Å². The van der Waals surface area contributed by atoms with E-state index in [0.29, 0.717) is 0 Å². The van der Waals surface area contributed by atoms with Gasteiger partial charge in [0.15, 0.2) is 0 Å². The zero-order valence-corrected chi connectivity index (χ0v) is 8.65. The zero-order valence-electron chi connectivity index (χ0n) is 7.14. The number of alkyl halides is 2. The topological polar surface area (TPSA) is 0 Å². The second-order valence-corrected chi connectivity index (χ2v) is 4.12. The second-order valence-electron chi connectivity index (χ2n) is 2.81. The van der Waals surface area contributed by atoms with Crippen molar-refractivity contribution < 1.29 is 0 Å². The van der Waals surface area contributed by atoms with Crippen LogP contribution < -0.4 is 0 Å². The lowest BCUT2D eigenvalue weighted by molar-refractivity contribution is 1.03. The van der Waals surface area contributed by atoms with Gasteiger partial charge in [0.25, 0.3) is 0 Å². The molecule has 0 bridgehead atoms. The minimum Gasteiger partial charge on any atom is -0.118 e. The molecule has 0 heterocycles. The van der Waals surface area contributed by atoms with E-state index >= 15 is 0 Å². The average Bonchev–Trinajstić information content (AvgIpc) is 2.04. The molecule has 12 heavy (non-hydrogen) atoms. The van der Waals surface area contributed by atoms with E-state index in [9.17, 15) is 0 Å². The normalized spacial score (nSPS) is 15.7. The molecule has 0 aliphatic rings. The van der Waals surface area contributed by atoms with Crippen LogP contribution in [-0.4, -0.2) is 0 Å². The quantitative estimate of drug-likeness (QED) is 0.633. The fraction of sp³-hybridized carbons (Fsp3) is 0.400. The Morgan fingerprint density at radius 1 is 1.25 bits per heavy atom. The van der Waals surface area contributed by atoms with Gasteiger partial charge in [-0.05, 0) is 31.0 Å². The first-order valence-electron chi connectivity index (χ1n) is 3.91. The van der Waals surface area contributed by atoms with Gasteiger partial charge in [-0.2, -0.15) is 0 Å². The molecule has 0 spiro atoms. The Hall–Kier alpha value is -0.200. The number of hydrogen-bond acceptors (Lipinski definition) is 0. The molecular weight excluding hydrogens is 191 g/mol. The van der Waals surface area contributed by atoms with Crippen molar-refractivity contribution in [1.29, 1.82) is 0 Å². The largest absolute Gasteiger partial charge is 0.118 e. The molecule has 0 nitrogen and oxygen atoms in total. The van der Waals surface area contributed by atoms with Crippen molar-refractivity contribution in [2.45, 2.75) is 24.6 Å². The molecule has 1 aromatic carbocycles. The van der Waals surface area contributed by atoms with Crippen molar-refractivity contribution in [1.82, 2.24) is 0 Å². The van der Waals surface area contributed by atoms with Crippen LogP contribution in [-0.2, 0) is 0 Å². The maximum Gasteiger partial charge on any atom is 0.0563 e. The van der Waals surface area contributed by atoms with E-state index < -0.39 is 0 Å². The van der Waals surface area contributed by atoms with Gasteiger partial charge in [0.1, 0.15) is 0 Å². The third-order valence-corrected chi connectivity index (χ3v) is 2.22. The number of benzene rings is 1. The van der Waals surface area contributed by atoms with Crippen LogP contribution in [0.1, 0.15) is 35.7 Å². The van der Waals surface area contributed by atoms with Gasteiger partial charge in [0.2, 0.25) is 0 Å². The van der Waals surface area contributed by atoms with Gasteiger partial charge in [0.05, 0.1) is 10.8 Å². The van der Waals surface area contributed by atoms with Crippen molar-refractivity contribution >= 4 is 23.2 Å². The summed E-state index contributed by atoms with van der Waals surface area (Å²) >= 11 is 11.8. The third-order valence-electron chi connectivity index (χ3n) is 1.74. The molecule has 2 heteroatoms. The molecule has 0 N–H and O–H groups in total. The first kappa shape index (κ1) is 9.88. The Morgan fingerprint density at radius 2 is 1.92 bits per heavy atom. The maximum absolute atomic E-state index is 5.92. The molecule has 1 radical (unpaired) electrons. The molecule has 2 atom stereocenters. The summed E-state index contributed by atoms with van der Waals surface area (Å²) in [5.41, 5.74) is 2.10. The summed E-state index contributed by atoms with van der Waals surface area (Å²) in [5.74, 6) is 0. The smallest absolute Gasteiger partial charge is 0.0563 e. The fourth-order valence-corrected chi connectivity index (χ4v) is 1.24. The monoisotopic (exact) mass is 201 g/mol. The van der Waals surface area contributed by atoms with E-state index in [1.165, 1.54) is 0 Å². The summed E-state index contributed by atoms with van der Waals surface area (Å²) in [6, 6.07) is 8.89. The minimum absolute atomic E-state index is 0.000340. The van der Waals surface area contributed by atoms with E-state index in [4.69, 9.17) is 23.2 Å². The van der Waals surface area contributed by atoms with Crippen molar-refractivity contribution in [3.63, 3.8) is 0 Å². The van der Waals surface area contributed by atoms with E-state index in [1.54, 1.807) is 0 Å². The Balaban J connectivity index is 2.96. The summed E-state index contributed by atoms with van der Waals surface area (Å²) in [7, 11) is 0. The number of rotatable bonds is 2. The van der Waals surface area contributed by atoms with Crippen LogP contribution in [0.3, 0.4) is 0 Å². The molecule has 0 aromatic heterocycles. The number of hydrogen-bond donors (Lipinski definition) is 0. The highest BCUT2D eigenvalue weighted by atomic mass is 35.5. The predicted molar refractivity (Wildman–Crippen MR) is 53.8 cm³/mol. The highest BCUT2D eigenvalue weighted by Gasteiger charge is 2.05. The van der Waals surface area contributed by atoms with Gasteiger partial charge < -0.3 is 0 Å². The summed E-state index contributed by atoms with van der Waals surface area (Å²) in [6.45, 7) is 3.87.